The summed E-state index contributed by atoms with van der Waals surface area (Å²) in [6.07, 6.45) is 1.30. The number of aromatic nitrogens is 2. The van der Waals surface area contributed by atoms with E-state index in [9.17, 15) is 4.79 Å². The Morgan fingerprint density at radius 1 is 0.821 bits per heavy atom. The SMILES string of the molecule is Cc1ccc(Nc2nc3c(c(Nc4ccc(C)cc4)n2)C(=O)CC(C)C3)cc1. The lowest BCUT2D eigenvalue weighted by Gasteiger charge is -2.23. The van der Waals surface area contributed by atoms with Crippen molar-refractivity contribution in [2.45, 2.75) is 33.6 Å². The first kappa shape index (κ1) is 18.2. The molecule has 1 heterocycles. The summed E-state index contributed by atoms with van der Waals surface area (Å²) in [7, 11) is 0. The summed E-state index contributed by atoms with van der Waals surface area (Å²) in [5.41, 5.74) is 5.62. The first-order valence-corrected chi connectivity index (χ1v) is 9.59. The lowest BCUT2D eigenvalue weighted by molar-refractivity contribution is 0.0953. The molecular weight excluding hydrogens is 348 g/mol. The number of ketones is 1. The molecule has 0 saturated carbocycles. The number of carbonyl (C=O) groups is 1. The number of nitrogens with zero attached hydrogens (tertiary/aromatic N) is 2. The van der Waals surface area contributed by atoms with Crippen LogP contribution in [0.15, 0.2) is 48.5 Å². The lowest BCUT2D eigenvalue weighted by atomic mass is 9.87. The molecule has 1 aliphatic carbocycles. The predicted octanol–water partition coefficient (Wildman–Crippen LogP) is 5.35. The van der Waals surface area contributed by atoms with Crippen LogP contribution in [0.5, 0.6) is 0 Å². The van der Waals surface area contributed by atoms with Crippen LogP contribution in [0.3, 0.4) is 0 Å². The van der Waals surface area contributed by atoms with Gasteiger partial charge in [0.1, 0.15) is 5.82 Å². The molecule has 0 fully saturated rings. The van der Waals surface area contributed by atoms with E-state index in [0.717, 1.165) is 23.5 Å². The minimum absolute atomic E-state index is 0.102. The van der Waals surface area contributed by atoms with E-state index in [1.54, 1.807) is 0 Å². The minimum Gasteiger partial charge on any atom is -0.339 e. The summed E-state index contributed by atoms with van der Waals surface area (Å²) in [6.45, 7) is 6.18. The molecule has 142 valence electrons. The largest absolute Gasteiger partial charge is 0.339 e. The maximum Gasteiger partial charge on any atom is 0.229 e. The Hall–Kier alpha value is -3.21. The normalized spacial score (nSPS) is 15.8. The van der Waals surface area contributed by atoms with Crippen molar-refractivity contribution in [2.75, 3.05) is 10.6 Å². The van der Waals surface area contributed by atoms with E-state index >= 15 is 0 Å². The van der Waals surface area contributed by atoms with Gasteiger partial charge in [-0.25, -0.2) is 4.98 Å². The molecule has 2 aromatic carbocycles. The number of rotatable bonds is 4. The number of hydrogen-bond donors (Lipinski definition) is 2. The molecule has 1 aliphatic rings. The molecule has 4 rings (SSSR count). The zero-order chi connectivity index (χ0) is 19.7. The highest BCUT2D eigenvalue weighted by atomic mass is 16.1. The lowest BCUT2D eigenvalue weighted by Crippen LogP contribution is -2.22. The van der Waals surface area contributed by atoms with Crippen LogP contribution < -0.4 is 10.6 Å². The zero-order valence-corrected chi connectivity index (χ0v) is 16.4. The Kier molecular flexibility index (Phi) is 4.82. The van der Waals surface area contributed by atoms with Gasteiger partial charge in [0.25, 0.3) is 0 Å². The molecule has 0 amide bonds. The average Bonchev–Trinajstić information content (AvgIpc) is 2.65. The van der Waals surface area contributed by atoms with Crippen molar-refractivity contribution in [1.82, 2.24) is 9.97 Å². The van der Waals surface area contributed by atoms with Crippen molar-refractivity contribution in [1.29, 1.82) is 0 Å². The number of benzene rings is 2. The minimum atomic E-state index is 0.102. The van der Waals surface area contributed by atoms with E-state index in [4.69, 9.17) is 0 Å². The van der Waals surface area contributed by atoms with Crippen molar-refractivity contribution < 1.29 is 4.79 Å². The van der Waals surface area contributed by atoms with E-state index in [2.05, 4.69) is 34.4 Å². The number of carbonyl (C=O) groups excluding carboxylic acids is 1. The molecule has 1 atom stereocenters. The molecule has 0 saturated heterocycles. The molecule has 28 heavy (non-hydrogen) atoms. The second-order valence-corrected chi connectivity index (χ2v) is 7.64. The van der Waals surface area contributed by atoms with Gasteiger partial charge >= 0.3 is 0 Å². The third-order valence-corrected chi connectivity index (χ3v) is 4.96. The number of aryl methyl sites for hydroxylation is 2. The van der Waals surface area contributed by atoms with E-state index in [1.807, 2.05) is 55.5 Å². The molecule has 5 nitrogen and oxygen atoms in total. The fourth-order valence-corrected chi connectivity index (χ4v) is 3.45. The van der Waals surface area contributed by atoms with E-state index in [0.29, 0.717) is 23.8 Å². The molecule has 2 N–H and O–H groups in total. The fraction of sp³-hybridized carbons (Fsp3) is 0.261. The number of anilines is 4. The maximum absolute atomic E-state index is 12.7. The zero-order valence-electron chi connectivity index (χ0n) is 16.4. The number of Topliss-reactive ketones (excluding diaryl/α,β-unsaturated/α-hetero) is 1. The summed E-state index contributed by atoms with van der Waals surface area (Å²) in [5.74, 6) is 1.46. The number of hydrogen-bond acceptors (Lipinski definition) is 5. The summed E-state index contributed by atoms with van der Waals surface area (Å²) < 4.78 is 0. The van der Waals surface area contributed by atoms with Gasteiger partial charge in [0.15, 0.2) is 5.78 Å². The Balaban J connectivity index is 1.73. The summed E-state index contributed by atoms with van der Waals surface area (Å²) in [6, 6.07) is 16.1. The second kappa shape index (κ2) is 7.43. The van der Waals surface area contributed by atoms with Gasteiger partial charge in [-0.1, -0.05) is 42.3 Å². The van der Waals surface area contributed by atoms with Crippen LogP contribution in [-0.4, -0.2) is 15.8 Å². The Labute approximate surface area is 165 Å². The molecule has 1 aromatic heterocycles. The molecule has 3 aromatic rings. The van der Waals surface area contributed by atoms with Gasteiger partial charge in [0.05, 0.1) is 11.3 Å². The van der Waals surface area contributed by atoms with Crippen LogP contribution in [0.1, 0.15) is 40.5 Å². The van der Waals surface area contributed by atoms with Crippen molar-refractivity contribution in [2.24, 2.45) is 5.92 Å². The molecule has 5 heteroatoms. The molecular formula is C23H24N4O. The van der Waals surface area contributed by atoms with Crippen molar-refractivity contribution >= 4 is 28.9 Å². The van der Waals surface area contributed by atoms with Gasteiger partial charge in [-0.05, 0) is 50.5 Å². The standard InChI is InChI=1S/C23H24N4O/c1-14-4-8-17(9-5-14)24-22-21-19(12-16(3)13-20(21)28)26-23(27-22)25-18-10-6-15(2)7-11-18/h4-11,16H,12-13H2,1-3H3,(H2,24,25,26,27). The average molecular weight is 372 g/mol. The van der Waals surface area contributed by atoms with Crippen molar-refractivity contribution in [3.63, 3.8) is 0 Å². The third kappa shape index (κ3) is 3.88. The Morgan fingerprint density at radius 2 is 1.39 bits per heavy atom. The quantitative estimate of drug-likeness (QED) is 0.646. The number of nitrogens with one attached hydrogen (secondary N) is 2. The highest BCUT2D eigenvalue weighted by Crippen LogP contribution is 2.32. The van der Waals surface area contributed by atoms with Crippen LogP contribution in [0.25, 0.3) is 0 Å². The van der Waals surface area contributed by atoms with Gasteiger partial charge in [-0.15, -0.1) is 0 Å². The van der Waals surface area contributed by atoms with Gasteiger partial charge in [-0.2, -0.15) is 4.98 Å². The van der Waals surface area contributed by atoms with Gasteiger partial charge in [0.2, 0.25) is 5.95 Å². The van der Waals surface area contributed by atoms with Crippen molar-refractivity contribution in [3.05, 3.63) is 70.9 Å². The van der Waals surface area contributed by atoms with Crippen LogP contribution in [0, 0.1) is 19.8 Å². The topological polar surface area (TPSA) is 66.9 Å². The second-order valence-electron chi connectivity index (χ2n) is 7.64. The molecule has 0 bridgehead atoms. The van der Waals surface area contributed by atoms with Crippen molar-refractivity contribution in [3.8, 4) is 0 Å². The molecule has 0 radical (unpaired) electrons. The number of fused-ring (bicyclic) bond motifs is 1. The smallest absolute Gasteiger partial charge is 0.229 e. The summed E-state index contributed by atoms with van der Waals surface area (Å²) in [5, 5.41) is 6.60. The predicted molar refractivity (Wildman–Crippen MR) is 113 cm³/mol. The van der Waals surface area contributed by atoms with Crippen LogP contribution >= 0.6 is 0 Å². The third-order valence-electron chi connectivity index (χ3n) is 4.96. The molecule has 0 spiro atoms. The van der Waals surface area contributed by atoms with Gasteiger partial charge in [0, 0.05) is 17.8 Å². The highest BCUT2D eigenvalue weighted by molar-refractivity contribution is 6.03. The summed E-state index contributed by atoms with van der Waals surface area (Å²) >= 11 is 0. The van der Waals surface area contributed by atoms with Crippen LogP contribution in [0.4, 0.5) is 23.1 Å². The Bertz CT molecular complexity index is 1010. The maximum atomic E-state index is 12.7. The first-order valence-electron chi connectivity index (χ1n) is 9.59. The van der Waals surface area contributed by atoms with E-state index < -0.39 is 0 Å². The van der Waals surface area contributed by atoms with E-state index in [-0.39, 0.29) is 11.7 Å². The van der Waals surface area contributed by atoms with Crippen LogP contribution in [0.2, 0.25) is 0 Å². The summed E-state index contributed by atoms with van der Waals surface area (Å²) in [4.78, 5) is 22.0. The molecule has 0 aliphatic heterocycles. The van der Waals surface area contributed by atoms with Crippen LogP contribution in [-0.2, 0) is 6.42 Å². The van der Waals surface area contributed by atoms with Gasteiger partial charge in [-0.3, -0.25) is 4.79 Å². The van der Waals surface area contributed by atoms with Gasteiger partial charge < -0.3 is 10.6 Å². The first-order chi connectivity index (χ1) is 13.5. The Morgan fingerprint density at radius 3 is 2.00 bits per heavy atom. The fourth-order valence-electron chi connectivity index (χ4n) is 3.45. The monoisotopic (exact) mass is 372 g/mol. The highest BCUT2D eigenvalue weighted by Gasteiger charge is 2.28. The molecule has 1 unspecified atom stereocenters. The van der Waals surface area contributed by atoms with E-state index in [1.165, 1.54) is 11.1 Å².